The maximum atomic E-state index is 14.1. The van der Waals surface area contributed by atoms with Crippen molar-refractivity contribution in [2.45, 2.75) is 122 Å². The average molecular weight is 720 g/mol. The van der Waals surface area contributed by atoms with Crippen molar-refractivity contribution in [3.63, 3.8) is 0 Å². The van der Waals surface area contributed by atoms with E-state index in [1.54, 1.807) is 70.6 Å². The lowest BCUT2D eigenvalue weighted by molar-refractivity contribution is -0.148. The number of aliphatic hydroxyl groups is 2. The van der Waals surface area contributed by atoms with Gasteiger partial charge in [0.15, 0.2) is 0 Å². The van der Waals surface area contributed by atoms with Crippen molar-refractivity contribution in [2.75, 3.05) is 41.5 Å². The van der Waals surface area contributed by atoms with Crippen LogP contribution in [0, 0.1) is 17.8 Å². The number of aliphatic hydroxyl groups excluding tert-OH is 2. The van der Waals surface area contributed by atoms with Crippen LogP contribution in [0.25, 0.3) is 0 Å². The summed E-state index contributed by atoms with van der Waals surface area (Å²) in [5, 5.41) is 29.5. The van der Waals surface area contributed by atoms with E-state index in [0.29, 0.717) is 24.9 Å². The summed E-state index contributed by atoms with van der Waals surface area (Å²) in [6.45, 7) is 12.8. The number of carbonyl (C=O) groups is 4. The summed E-state index contributed by atoms with van der Waals surface area (Å²) in [5.41, 5.74) is -0.249. The van der Waals surface area contributed by atoms with Gasteiger partial charge in [0.2, 0.25) is 23.6 Å². The molecule has 1 fully saturated rings. The summed E-state index contributed by atoms with van der Waals surface area (Å²) in [6.07, 6.45) is -0.103. The summed E-state index contributed by atoms with van der Waals surface area (Å²) in [4.78, 5) is 58.0. The summed E-state index contributed by atoms with van der Waals surface area (Å²) in [6, 6.07) is 6.69. The van der Waals surface area contributed by atoms with Crippen LogP contribution in [0.1, 0.15) is 85.8 Å². The van der Waals surface area contributed by atoms with Gasteiger partial charge in [-0.2, -0.15) is 0 Å². The number of carbonyl (C=O) groups excluding carboxylic acids is 4. The highest BCUT2D eigenvalue weighted by Crippen LogP contribution is 2.30. The zero-order chi connectivity index (χ0) is 38.6. The van der Waals surface area contributed by atoms with Crippen LogP contribution >= 0.6 is 0 Å². The Balaban J connectivity index is 2.26. The number of nitrogens with zero attached hydrogens (tertiary/aromatic N) is 2. The molecule has 1 aromatic carbocycles. The minimum Gasteiger partial charge on any atom is -0.396 e. The first-order valence-electron chi connectivity index (χ1n) is 18.3. The van der Waals surface area contributed by atoms with E-state index in [2.05, 4.69) is 16.0 Å². The highest BCUT2D eigenvalue weighted by Gasteiger charge is 2.43. The van der Waals surface area contributed by atoms with E-state index in [1.807, 2.05) is 32.0 Å². The molecule has 13 nitrogen and oxygen atoms in total. The molecule has 1 unspecified atom stereocenters. The summed E-state index contributed by atoms with van der Waals surface area (Å²) < 4.78 is 11.8. The zero-order valence-corrected chi connectivity index (χ0v) is 32.6. The quantitative estimate of drug-likeness (QED) is 0.136. The molecule has 0 aliphatic carbocycles. The van der Waals surface area contributed by atoms with Gasteiger partial charge in [-0.15, -0.1) is 0 Å². The third kappa shape index (κ3) is 11.2. The van der Waals surface area contributed by atoms with Gasteiger partial charge in [0.1, 0.15) is 6.04 Å². The number of hydrogen-bond acceptors (Lipinski definition) is 9. The number of methoxy groups -OCH3 is 2. The number of hydrogen-bond donors (Lipinski definition) is 5. The Kier molecular flexibility index (Phi) is 17.5. The summed E-state index contributed by atoms with van der Waals surface area (Å²) in [7, 11) is 6.37. The molecule has 2 rings (SSSR count). The smallest absolute Gasteiger partial charge is 0.245 e. The van der Waals surface area contributed by atoms with E-state index >= 15 is 0 Å². The predicted octanol–water partition coefficient (Wildman–Crippen LogP) is 2.26. The Morgan fingerprint density at radius 2 is 1.65 bits per heavy atom. The molecule has 0 bridgehead atoms. The molecule has 290 valence electrons. The molecule has 10 atom stereocenters. The van der Waals surface area contributed by atoms with E-state index in [0.717, 1.165) is 6.42 Å². The Hall–Kier alpha value is -3.10. The van der Waals surface area contributed by atoms with Gasteiger partial charge in [0.25, 0.3) is 0 Å². The van der Waals surface area contributed by atoms with Crippen LogP contribution in [-0.2, 0) is 28.7 Å². The van der Waals surface area contributed by atoms with Gasteiger partial charge in [-0.25, -0.2) is 0 Å². The van der Waals surface area contributed by atoms with Crippen molar-refractivity contribution in [3.05, 3.63) is 35.9 Å². The minimum atomic E-state index is -1.01. The van der Waals surface area contributed by atoms with Gasteiger partial charge >= 0.3 is 0 Å². The molecule has 1 saturated heterocycles. The molecular formula is C38H65N5O8. The van der Waals surface area contributed by atoms with Crippen LogP contribution in [0.3, 0.4) is 0 Å². The topological polar surface area (TPSA) is 170 Å². The SMILES string of the molecule is CC[C@H](C)[C@@H]([C@@H](CC(=O)N1CCC[C@H]1[C@H](OC)[C@@H](C)C(=O)N[C@H](C)[C@@H](O)c1ccccc1)OC)N(C)C(=O)[C@@H](NC(=O)C(C)(C)NC)C(C)CO. The second-order valence-corrected chi connectivity index (χ2v) is 14.7. The fourth-order valence-corrected chi connectivity index (χ4v) is 6.89. The van der Waals surface area contributed by atoms with E-state index in [-0.39, 0.29) is 48.6 Å². The summed E-state index contributed by atoms with van der Waals surface area (Å²) in [5.74, 6) is -2.50. The molecule has 1 heterocycles. The van der Waals surface area contributed by atoms with Crippen LogP contribution in [0.4, 0.5) is 0 Å². The van der Waals surface area contributed by atoms with Gasteiger partial charge in [-0.3, -0.25) is 19.2 Å². The molecule has 1 aromatic rings. The van der Waals surface area contributed by atoms with Gasteiger partial charge < -0.3 is 45.4 Å². The maximum Gasteiger partial charge on any atom is 0.245 e. The van der Waals surface area contributed by atoms with Gasteiger partial charge in [0, 0.05) is 40.3 Å². The molecule has 0 spiro atoms. The zero-order valence-electron chi connectivity index (χ0n) is 32.6. The van der Waals surface area contributed by atoms with Gasteiger partial charge in [-0.05, 0) is 52.1 Å². The van der Waals surface area contributed by atoms with Crippen molar-refractivity contribution in [1.82, 2.24) is 25.8 Å². The maximum absolute atomic E-state index is 14.1. The Bertz CT molecular complexity index is 1270. The second kappa shape index (κ2) is 20.2. The minimum absolute atomic E-state index is 0.0176. The molecule has 13 heteroatoms. The van der Waals surface area contributed by atoms with E-state index < -0.39 is 53.8 Å². The normalized spacial score (nSPS) is 20.3. The number of ether oxygens (including phenoxy) is 2. The molecule has 0 radical (unpaired) electrons. The monoisotopic (exact) mass is 719 g/mol. The van der Waals surface area contributed by atoms with Crippen LogP contribution in [0.15, 0.2) is 30.3 Å². The first-order chi connectivity index (χ1) is 24.0. The largest absolute Gasteiger partial charge is 0.396 e. The van der Waals surface area contributed by atoms with Crippen LogP contribution in [-0.4, -0.2) is 127 Å². The van der Waals surface area contributed by atoms with Crippen molar-refractivity contribution in [1.29, 1.82) is 0 Å². The van der Waals surface area contributed by atoms with Crippen molar-refractivity contribution in [3.8, 4) is 0 Å². The van der Waals surface area contributed by atoms with Crippen molar-refractivity contribution < 1.29 is 38.9 Å². The fourth-order valence-electron chi connectivity index (χ4n) is 6.89. The fraction of sp³-hybridized carbons (Fsp3) is 0.737. The molecular weight excluding hydrogens is 654 g/mol. The molecule has 0 saturated carbocycles. The molecule has 0 aromatic heterocycles. The van der Waals surface area contributed by atoms with Gasteiger partial charge in [-0.1, -0.05) is 64.4 Å². The van der Waals surface area contributed by atoms with E-state index in [9.17, 15) is 29.4 Å². The lowest BCUT2D eigenvalue weighted by Gasteiger charge is -2.41. The number of likely N-dealkylation sites (N-methyl/N-ethyl adjacent to an activating group) is 2. The lowest BCUT2D eigenvalue weighted by atomic mass is 9.89. The van der Waals surface area contributed by atoms with Crippen molar-refractivity contribution >= 4 is 23.6 Å². The molecule has 1 aliphatic heterocycles. The molecule has 51 heavy (non-hydrogen) atoms. The first-order valence-corrected chi connectivity index (χ1v) is 18.3. The number of amides is 4. The van der Waals surface area contributed by atoms with Crippen molar-refractivity contribution in [2.24, 2.45) is 17.8 Å². The number of benzene rings is 1. The standard InChI is InChI=1S/C38H65N5O8/c1-12-23(2)32(42(9)36(48)31(24(3)22-44)41-37(49)38(6,7)39-8)29(50-10)21-30(45)43-20-16-19-28(43)34(51-11)25(4)35(47)40-26(5)33(46)27-17-14-13-15-18-27/h13-15,17-18,23-26,28-29,31-34,39,44,46H,12,16,19-22H2,1-11H3,(H,40,47)(H,41,49)/t23-,24?,25+,26+,28-,29+,31-,32-,33+,34+/m0/s1. The Morgan fingerprint density at radius 3 is 2.18 bits per heavy atom. The Morgan fingerprint density at radius 1 is 1.02 bits per heavy atom. The van der Waals surface area contributed by atoms with Crippen LogP contribution in [0.2, 0.25) is 0 Å². The second-order valence-electron chi connectivity index (χ2n) is 14.7. The third-order valence-corrected chi connectivity index (χ3v) is 10.8. The number of rotatable bonds is 20. The highest BCUT2D eigenvalue weighted by molar-refractivity contribution is 5.92. The molecule has 4 amide bonds. The predicted molar refractivity (Wildman–Crippen MR) is 196 cm³/mol. The number of likely N-dealkylation sites (tertiary alicyclic amines) is 1. The Labute approximate surface area is 305 Å². The molecule has 5 N–H and O–H groups in total. The van der Waals surface area contributed by atoms with Gasteiger partial charge in [0.05, 0.1) is 54.3 Å². The van der Waals surface area contributed by atoms with Crippen LogP contribution in [0.5, 0.6) is 0 Å². The highest BCUT2D eigenvalue weighted by atomic mass is 16.5. The third-order valence-electron chi connectivity index (χ3n) is 10.8. The lowest BCUT2D eigenvalue weighted by Crippen LogP contribution is -2.61. The van der Waals surface area contributed by atoms with E-state index in [4.69, 9.17) is 9.47 Å². The van der Waals surface area contributed by atoms with E-state index in [1.165, 1.54) is 14.2 Å². The van der Waals surface area contributed by atoms with Crippen LogP contribution < -0.4 is 16.0 Å². The molecule has 1 aliphatic rings. The number of nitrogens with one attached hydrogen (secondary N) is 3. The average Bonchev–Trinajstić information content (AvgIpc) is 3.62. The first kappa shape index (κ1) is 44.1. The summed E-state index contributed by atoms with van der Waals surface area (Å²) >= 11 is 0.